The van der Waals surface area contributed by atoms with Crippen molar-refractivity contribution in [2.45, 2.75) is 52.5 Å². The second-order valence-electron chi connectivity index (χ2n) is 5.87. The Morgan fingerprint density at radius 2 is 2.00 bits per heavy atom. The smallest absolute Gasteiger partial charge is 0.174 e. The Morgan fingerprint density at radius 3 is 2.76 bits per heavy atom. The molecule has 0 saturated carbocycles. The van der Waals surface area contributed by atoms with E-state index in [-0.39, 0.29) is 6.61 Å². The molecule has 0 fully saturated rings. The molecule has 0 saturated heterocycles. The Bertz CT molecular complexity index is 423. The van der Waals surface area contributed by atoms with Gasteiger partial charge in [0.1, 0.15) is 11.8 Å². The molecule has 0 radical (unpaired) electrons. The number of hydrogen-bond donors (Lipinski definition) is 1. The molecule has 0 atom stereocenters. The van der Waals surface area contributed by atoms with Crippen LogP contribution in [0.5, 0.6) is 5.75 Å². The van der Waals surface area contributed by atoms with Crippen LogP contribution in [0.2, 0.25) is 0 Å². The van der Waals surface area contributed by atoms with Crippen molar-refractivity contribution >= 4 is 0 Å². The highest BCUT2D eigenvalue weighted by molar-refractivity contribution is 5.28. The molecule has 0 aliphatic carbocycles. The van der Waals surface area contributed by atoms with Crippen molar-refractivity contribution in [1.82, 2.24) is 5.32 Å². The predicted octanol–water partition coefficient (Wildman–Crippen LogP) is 4.29. The van der Waals surface area contributed by atoms with E-state index < -0.39 is 0 Å². The molecular weight excluding hydrogens is 260 g/mol. The molecule has 1 aromatic rings. The third-order valence-electron chi connectivity index (χ3n) is 3.42. The van der Waals surface area contributed by atoms with Crippen LogP contribution >= 0.6 is 0 Å². The number of nitriles is 1. The number of benzene rings is 1. The molecule has 1 N–H and O–H groups in total. The highest BCUT2D eigenvalue weighted by atomic mass is 16.5. The fourth-order valence-corrected chi connectivity index (χ4v) is 2.25. The quantitative estimate of drug-likeness (QED) is 0.618. The number of nitrogens with one attached hydrogen (secondary N) is 1. The molecule has 0 amide bonds. The summed E-state index contributed by atoms with van der Waals surface area (Å²) in [4.78, 5) is 0. The van der Waals surface area contributed by atoms with E-state index in [9.17, 15) is 0 Å². The van der Waals surface area contributed by atoms with Gasteiger partial charge in [-0.15, -0.1) is 0 Å². The Labute approximate surface area is 129 Å². The van der Waals surface area contributed by atoms with Crippen LogP contribution in [0.4, 0.5) is 0 Å². The number of hydrogen-bond acceptors (Lipinski definition) is 3. The minimum absolute atomic E-state index is 0.104. The van der Waals surface area contributed by atoms with Gasteiger partial charge >= 0.3 is 0 Å². The normalized spacial score (nSPS) is 10.6. The van der Waals surface area contributed by atoms with E-state index in [1.54, 1.807) is 0 Å². The molecule has 0 unspecified atom stereocenters. The maximum absolute atomic E-state index is 8.50. The predicted molar refractivity (Wildman–Crippen MR) is 87.2 cm³/mol. The van der Waals surface area contributed by atoms with Crippen LogP contribution in [-0.2, 0) is 6.54 Å². The summed E-state index contributed by atoms with van der Waals surface area (Å²) in [6.45, 7) is 6.60. The maximum Gasteiger partial charge on any atom is 0.174 e. The number of ether oxygens (including phenoxy) is 1. The van der Waals surface area contributed by atoms with Crippen LogP contribution in [0.25, 0.3) is 0 Å². The van der Waals surface area contributed by atoms with E-state index in [1.165, 1.54) is 37.7 Å². The average molecular weight is 288 g/mol. The lowest BCUT2D eigenvalue weighted by molar-refractivity contribution is 0.367. The zero-order chi connectivity index (χ0) is 15.3. The summed E-state index contributed by atoms with van der Waals surface area (Å²) < 4.78 is 5.30. The van der Waals surface area contributed by atoms with Crippen molar-refractivity contribution in [2.24, 2.45) is 5.92 Å². The van der Waals surface area contributed by atoms with Gasteiger partial charge < -0.3 is 10.1 Å². The average Bonchev–Trinajstić information content (AvgIpc) is 2.48. The standard InChI is InChI=1S/C18H28N2O/c1-16(2)8-5-3-4-6-12-20-15-17-9-7-10-18(14-17)21-13-11-19/h7,9-10,14,16,20H,3-6,8,12-13,15H2,1-2H3. The van der Waals surface area contributed by atoms with E-state index in [0.29, 0.717) is 0 Å². The lowest BCUT2D eigenvalue weighted by atomic mass is 10.0. The monoisotopic (exact) mass is 288 g/mol. The molecule has 0 aliphatic rings. The van der Waals surface area contributed by atoms with Crippen molar-refractivity contribution in [1.29, 1.82) is 5.26 Å². The van der Waals surface area contributed by atoms with Gasteiger partial charge in [0.25, 0.3) is 0 Å². The number of rotatable bonds is 11. The van der Waals surface area contributed by atoms with Gasteiger partial charge in [0, 0.05) is 6.54 Å². The van der Waals surface area contributed by atoms with E-state index in [4.69, 9.17) is 10.00 Å². The first-order valence-electron chi connectivity index (χ1n) is 8.01. The minimum Gasteiger partial charge on any atom is -0.479 e. The van der Waals surface area contributed by atoms with E-state index in [1.807, 2.05) is 24.3 Å². The first-order valence-corrected chi connectivity index (χ1v) is 8.01. The molecule has 0 bridgehead atoms. The highest BCUT2D eigenvalue weighted by Gasteiger charge is 1.98. The summed E-state index contributed by atoms with van der Waals surface area (Å²) in [5.41, 5.74) is 1.20. The summed E-state index contributed by atoms with van der Waals surface area (Å²) in [6, 6.07) is 9.90. The Morgan fingerprint density at radius 1 is 1.19 bits per heavy atom. The zero-order valence-electron chi connectivity index (χ0n) is 13.4. The van der Waals surface area contributed by atoms with Crippen LogP contribution in [0.1, 0.15) is 51.5 Å². The summed E-state index contributed by atoms with van der Waals surface area (Å²) in [5, 5.41) is 12.0. The molecule has 0 heterocycles. The molecule has 0 aromatic heterocycles. The summed E-state index contributed by atoms with van der Waals surface area (Å²) in [5.74, 6) is 1.60. The van der Waals surface area contributed by atoms with Crippen LogP contribution in [0, 0.1) is 17.2 Å². The highest BCUT2D eigenvalue weighted by Crippen LogP contribution is 2.13. The van der Waals surface area contributed by atoms with Gasteiger partial charge in [-0.25, -0.2) is 0 Å². The van der Waals surface area contributed by atoms with Gasteiger partial charge in [0.2, 0.25) is 0 Å². The number of unbranched alkanes of at least 4 members (excludes halogenated alkanes) is 3. The molecule has 116 valence electrons. The van der Waals surface area contributed by atoms with Crippen molar-refractivity contribution in [2.75, 3.05) is 13.2 Å². The van der Waals surface area contributed by atoms with Crippen molar-refractivity contribution < 1.29 is 4.74 Å². The van der Waals surface area contributed by atoms with Crippen LogP contribution < -0.4 is 10.1 Å². The summed E-state index contributed by atoms with van der Waals surface area (Å²) >= 11 is 0. The van der Waals surface area contributed by atoms with Gasteiger partial charge in [-0.2, -0.15) is 5.26 Å². The lowest BCUT2D eigenvalue weighted by Gasteiger charge is -2.07. The molecule has 3 heteroatoms. The maximum atomic E-state index is 8.50. The van der Waals surface area contributed by atoms with Gasteiger partial charge in [-0.1, -0.05) is 51.7 Å². The first kappa shape index (κ1) is 17.5. The van der Waals surface area contributed by atoms with Crippen LogP contribution in [0.15, 0.2) is 24.3 Å². The topological polar surface area (TPSA) is 45.0 Å². The fourth-order valence-electron chi connectivity index (χ4n) is 2.25. The first-order chi connectivity index (χ1) is 10.2. The summed E-state index contributed by atoms with van der Waals surface area (Å²) in [6.07, 6.45) is 6.60. The molecule has 3 nitrogen and oxygen atoms in total. The molecule has 0 spiro atoms. The largest absolute Gasteiger partial charge is 0.479 e. The Kier molecular flexibility index (Phi) is 9.32. The molecule has 21 heavy (non-hydrogen) atoms. The number of nitrogens with zero attached hydrogens (tertiary/aromatic N) is 1. The molecule has 1 rings (SSSR count). The Hall–Kier alpha value is -1.53. The van der Waals surface area contributed by atoms with E-state index in [0.717, 1.165) is 24.8 Å². The second-order valence-corrected chi connectivity index (χ2v) is 5.87. The molecule has 1 aromatic carbocycles. The zero-order valence-corrected chi connectivity index (χ0v) is 13.4. The van der Waals surface area contributed by atoms with Crippen molar-refractivity contribution in [3.05, 3.63) is 29.8 Å². The van der Waals surface area contributed by atoms with Gasteiger partial charge in [-0.05, 0) is 36.6 Å². The SMILES string of the molecule is CC(C)CCCCCCNCc1cccc(OCC#N)c1. The molecule has 0 aliphatic heterocycles. The molecular formula is C18H28N2O. The third kappa shape index (κ3) is 9.10. The van der Waals surface area contributed by atoms with Crippen LogP contribution in [-0.4, -0.2) is 13.2 Å². The van der Waals surface area contributed by atoms with Crippen molar-refractivity contribution in [3.63, 3.8) is 0 Å². The van der Waals surface area contributed by atoms with Gasteiger partial charge in [0.15, 0.2) is 6.61 Å². The second kappa shape index (κ2) is 11.2. The fraction of sp³-hybridized carbons (Fsp3) is 0.611. The lowest BCUT2D eigenvalue weighted by Crippen LogP contribution is -2.14. The minimum atomic E-state index is 0.104. The summed E-state index contributed by atoms with van der Waals surface area (Å²) in [7, 11) is 0. The van der Waals surface area contributed by atoms with E-state index >= 15 is 0 Å². The van der Waals surface area contributed by atoms with Gasteiger partial charge in [0.05, 0.1) is 0 Å². The third-order valence-corrected chi connectivity index (χ3v) is 3.42. The Balaban J connectivity index is 2.08. The van der Waals surface area contributed by atoms with Crippen molar-refractivity contribution in [3.8, 4) is 11.8 Å². The van der Waals surface area contributed by atoms with E-state index in [2.05, 4.69) is 25.2 Å². The van der Waals surface area contributed by atoms with Gasteiger partial charge in [-0.3, -0.25) is 0 Å². The van der Waals surface area contributed by atoms with Crippen LogP contribution in [0.3, 0.4) is 0 Å².